The van der Waals surface area contributed by atoms with Gasteiger partial charge >= 0.3 is 0 Å². The standard InChI is InChI=1S/C15H23NS/c1-9(2)15-14(16-5)13-11(4)6-10(3)7-12(13)8-17-15/h6-7,9,14-16H,8H2,1-5H3. The Kier molecular flexibility index (Phi) is 3.84. The summed E-state index contributed by atoms with van der Waals surface area (Å²) in [7, 11) is 2.09. The van der Waals surface area contributed by atoms with Crippen molar-refractivity contribution in [3.8, 4) is 0 Å². The fourth-order valence-corrected chi connectivity index (χ4v) is 4.42. The second-order valence-electron chi connectivity index (χ2n) is 5.44. The lowest BCUT2D eigenvalue weighted by molar-refractivity contribution is 0.464. The Morgan fingerprint density at radius 2 is 2.00 bits per heavy atom. The maximum absolute atomic E-state index is 3.53. The number of fused-ring (bicyclic) bond motifs is 1. The van der Waals surface area contributed by atoms with E-state index in [0.29, 0.717) is 17.2 Å². The second-order valence-corrected chi connectivity index (χ2v) is 6.61. The van der Waals surface area contributed by atoms with Gasteiger partial charge in [-0.05, 0) is 43.5 Å². The van der Waals surface area contributed by atoms with Crippen LogP contribution in [0.3, 0.4) is 0 Å². The van der Waals surface area contributed by atoms with E-state index in [-0.39, 0.29) is 0 Å². The normalized spacial score (nSPS) is 23.9. The van der Waals surface area contributed by atoms with Crippen molar-refractivity contribution >= 4 is 11.8 Å². The Morgan fingerprint density at radius 3 is 2.59 bits per heavy atom. The van der Waals surface area contributed by atoms with Crippen LogP contribution in [-0.4, -0.2) is 12.3 Å². The van der Waals surface area contributed by atoms with E-state index in [2.05, 4.69) is 64.0 Å². The highest BCUT2D eigenvalue weighted by molar-refractivity contribution is 7.99. The second kappa shape index (κ2) is 5.03. The molecule has 1 aromatic rings. The molecule has 1 nitrogen and oxygen atoms in total. The van der Waals surface area contributed by atoms with Crippen molar-refractivity contribution in [1.82, 2.24) is 5.32 Å². The zero-order chi connectivity index (χ0) is 12.6. The molecule has 0 spiro atoms. The number of hydrogen-bond donors (Lipinski definition) is 1. The predicted molar refractivity (Wildman–Crippen MR) is 77.6 cm³/mol. The molecule has 0 fully saturated rings. The van der Waals surface area contributed by atoms with Gasteiger partial charge in [0.25, 0.3) is 0 Å². The topological polar surface area (TPSA) is 12.0 Å². The lowest BCUT2D eigenvalue weighted by atomic mass is 9.88. The van der Waals surface area contributed by atoms with E-state index in [9.17, 15) is 0 Å². The van der Waals surface area contributed by atoms with Crippen LogP contribution < -0.4 is 5.32 Å². The first-order valence-electron chi connectivity index (χ1n) is 6.43. The van der Waals surface area contributed by atoms with E-state index in [4.69, 9.17) is 0 Å². The molecule has 94 valence electrons. The molecule has 2 rings (SSSR count). The van der Waals surface area contributed by atoms with Gasteiger partial charge in [0.05, 0.1) is 0 Å². The van der Waals surface area contributed by atoms with E-state index in [1.165, 1.54) is 22.4 Å². The van der Waals surface area contributed by atoms with E-state index >= 15 is 0 Å². The number of aryl methyl sites for hydroxylation is 2. The van der Waals surface area contributed by atoms with Gasteiger partial charge in [-0.2, -0.15) is 11.8 Å². The molecule has 0 amide bonds. The molecule has 0 bridgehead atoms. The molecule has 2 atom stereocenters. The first-order chi connectivity index (χ1) is 8.04. The van der Waals surface area contributed by atoms with Crippen LogP contribution in [0.1, 0.15) is 42.1 Å². The molecular weight excluding hydrogens is 226 g/mol. The maximum atomic E-state index is 3.53. The molecule has 2 heteroatoms. The molecule has 1 heterocycles. The van der Waals surface area contributed by atoms with Crippen LogP contribution in [0.15, 0.2) is 12.1 Å². The Labute approximate surface area is 109 Å². The van der Waals surface area contributed by atoms with Crippen LogP contribution in [-0.2, 0) is 5.75 Å². The van der Waals surface area contributed by atoms with Crippen LogP contribution in [0.2, 0.25) is 0 Å². The SMILES string of the molecule is CNC1c2c(C)cc(C)cc2CSC1C(C)C. The van der Waals surface area contributed by atoms with Crippen LogP contribution in [0, 0.1) is 19.8 Å². The van der Waals surface area contributed by atoms with Crippen LogP contribution in [0.25, 0.3) is 0 Å². The maximum Gasteiger partial charge on any atom is 0.0446 e. The van der Waals surface area contributed by atoms with Crippen LogP contribution in [0.5, 0.6) is 0 Å². The summed E-state index contributed by atoms with van der Waals surface area (Å²) in [6.45, 7) is 9.11. The summed E-state index contributed by atoms with van der Waals surface area (Å²) in [4.78, 5) is 0. The highest BCUT2D eigenvalue weighted by atomic mass is 32.2. The molecule has 0 saturated carbocycles. The Hall–Kier alpha value is -0.470. The molecule has 17 heavy (non-hydrogen) atoms. The third-order valence-electron chi connectivity index (χ3n) is 3.66. The predicted octanol–water partition coefficient (Wildman–Crippen LogP) is 3.84. The lowest BCUT2D eigenvalue weighted by Gasteiger charge is -2.36. The molecule has 0 radical (unpaired) electrons. The van der Waals surface area contributed by atoms with Gasteiger partial charge in [0.2, 0.25) is 0 Å². The third-order valence-corrected chi connectivity index (χ3v) is 5.33. The first kappa shape index (κ1) is 13.0. The Morgan fingerprint density at radius 1 is 1.29 bits per heavy atom. The molecule has 1 N–H and O–H groups in total. The molecular formula is C15H23NS. The van der Waals surface area contributed by atoms with Crippen molar-refractivity contribution in [2.75, 3.05) is 7.05 Å². The number of benzene rings is 1. The zero-order valence-corrected chi connectivity index (χ0v) is 12.3. The van der Waals surface area contributed by atoms with Crippen molar-refractivity contribution in [1.29, 1.82) is 0 Å². The van der Waals surface area contributed by atoms with E-state index < -0.39 is 0 Å². The number of nitrogens with one attached hydrogen (secondary N) is 1. The Balaban J connectivity index is 2.47. The van der Waals surface area contributed by atoms with Crippen molar-refractivity contribution in [3.05, 3.63) is 34.4 Å². The fraction of sp³-hybridized carbons (Fsp3) is 0.600. The van der Waals surface area contributed by atoms with E-state index in [0.717, 1.165) is 0 Å². The molecule has 0 aliphatic carbocycles. The minimum atomic E-state index is 0.504. The number of thioether (sulfide) groups is 1. The summed E-state index contributed by atoms with van der Waals surface area (Å²) in [5, 5.41) is 4.22. The smallest absolute Gasteiger partial charge is 0.0446 e. The average molecular weight is 249 g/mol. The van der Waals surface area contributed by atoms with E-state index in [1.54, 1.807) is 5.56 Å². The summed E-state index contributed by atoms with van der Waals surface area (Å²) in [5.41, 5.74) is 5.92. The fourth-order valence-electron chi connectivity index (χ4n) is 2.96. The van der Waals surface area contributed by atoms with Gasteiger partial charge in [0, 0.05) is 17.0 Å². The minimum Gasteiger partial charge on any atom is -0.312 e. The van der Waals surface area contributed by atoms with Crippen LogP contribution >= 0.6 is 11.8 Å². The Bertz CT molecular complexity index is 412. The molecule has 1 aliphatic heterocycles. The quantitative estimate of drug-likeness (QED) is 0.855. The number of hydrogen-bond acceptors (Lipinski definition) is 2. The van der Waals surface area contributed by atoms with Gasteiger partial charge in [-0.25, -0.2) is 0 Å². The minimum absolute atomic E-state index is 0.504. The monoisotopic (exact) mass is 249 g/mol. The van der Waals surface area contributed by atoms with Crippen molar-refractivity contribution < 1.29 is 0 Å². The van der Waals surface area contributed by atoms with E-state index in [1.807, 2.05) is 0 Å². The largest absolute Gasteiger partial charge is 0.312 e. The zero-order valence-electron chi connectivity index (χ0n) is 11.5. The molecule has 2 unspecified atom stereocenters. The van der Waals surface area contributed by atoms with Crippen LogP contribution in [0.4, 0.5) is 0 Å². The van der Waals surface area contributed by atoms with Gasteiger partial charge in [0.1, 0.15) is 0 Å². The average Bonchev–Trinajstić information content (AvgIpc) is 2.26. The molecule has 0 saturated heterocycles. The summed E-state index contributed by atoms with van der Waals surface area (Å²) < 4.78 is 0. The van der Waals surface area contributed by atoms with Crippen molar-refractivity contribution in [3.63, 3.8) is 0 Å². The first-order valence-corrected chi connectivity index (χ1v) is 7.48. The highest BCUT2D eigenvalue weighted by Gasteiger charge is 2.32. The lowest BCUT2D eigenvalue weighted by Crippen LogP contribution is -2.35. The summed E-state index contributed by atoms with van der Waals surface area (Å²) in [6, 6.07) is 5.18. The van der Waals surface area contributed by atoms with Gasteiger partial charge in [-0.15, -0.1) is 0 Å². The summed E-state index contributed by atoms with van der Waals surface area (Å²) >= 11 is 2.10. The number of rotatable bonds is 2. The van der Waals surface area contributed by atoms with Gasteiger partial charge in [0.15, 0.2) is 0 Å². The third kappa shape index (κ3) is 2.38. The van der Waals surface area contributed by atoms with Gasteiger partial charge in [-0.3, -0.25) is 0 Å². The van der Waals surface area contributed by atoms with Gasteiger partial charge < -0.3 is 5.32 Å². The molecule has 1 aliphatic rings. The van der Waals surface area contributed by atoms with Gasteiger partial charge in [-0.1, -0.05) is 31.5 Å². The summed E-state index contributed by atoms with van der Waals surface area (Å²) in [6.07, 6.45) is 0. The summed E-state index contributed by atoms with van der Waals surface area (Å²) in [5.74, 6) is 1.88. The van der Waals surface area contributed by atoms with Crippen molar-refractivity contribution in [2.24, 2.45) is 5.92 Å². The molecule has 0 aromatic heterocycles. The molecule has 1 aromatic carbocycles. The highest BCUT2D eigenvalue weighted by Crippen LogP contribution is 2.42. The van der Waals surface area contributed by atoms with Crippen molar-refractivity contribution in [2.45, 2.75) is 44.7 Å².